The average molecular weight is 396 g/mol. The lowest BCUT2D eigenvalue weighted by atomic mass is 10.1. The molecule has 0 saturated carbocycles. The van der Waals surface area contributed by atoms with Crippen molar-refractivity contribution in [3.63, 3.8) is 0 Å². The summed E-state index contributed by atoms with van der Waals surface area (Å²) in [6, 6.07) is 5.86. The van der Waals surface area contributed by atoms with Crippen LogP contribution in [-0.4, -0.2) is 60.2 Å². The van der Waals surface area contributed by atoms with Crippen LogP contribution in [0.2, 0.25) is 0 Å². The highest BCUT2D eigenvalue weighted by Crippen LogP contribution is 2.26. The molecule has 2 aromatic rings. The number of amides is 1. The van der Waals surface area contributed by atoms with Crippen LogP contribution in [-0.2, 0) is 6.54 Å². The van der Waals surface area contributed by atoms with Crippen molar-refractivity contribution in [1.82, 2.24) is 25.2 Å². The van der Waals surface area contributed by atoms with Crippen LogP contribution in [0.3, 0.4) is 0 Å². The first-order valence-corrected chi connectivity index (χ1v) is 8.71. The molecule has 0 bridgehead atoms. The van der Waals surface area contributed by atoms with Gasteiger partial charge in [-0.2, -0.15) is 0 Å². The van der Waals surface area contributed by atoms with Crippen LogP contribution in [0.5, 0.6) is 11.5 Å². The molecule has 8 nitrogen and oxygen atoms in total. The number of benzene rings is 1. The third kappa shape index (κ3) is 4.90. The molecule has 9 heteroatoms. The summed E-state index contributed by atoms with van der Waals surface area (Å²) < 4.78 is 12.4. The molecular weight excluding hydrogens is 370 g/mol. The average Bonchev–Trinajstić information content (AvgIpc) is 3.18. The maximum Gasteiger partial charge on any atom is 0.276 e. The molecule has 1 aromatic carbocycles. The van der Waals surface area contributed by atoms with Gasteiger partial charge < -0.3 is 19.7 Å². The molecule has 0 unspecified atom stereocenters. The van der Waals surface area contributed by atoms with Gasteiger partial charge >= 0.3 is 0 Å². The van der Waals surface area contributed by atoms with E-state index in [0.29, 0.717) is 29.8 Å². The lowest BCUT2D eigenvalue weighted by molar-refractivity contribution is 0.0778. The topological polar surface area (TPSA) is 81.5 Å². The minimum atomic E-state index is -0.164. The van der Waals surface area contributed by atoms with Gasteiger partial charge in [0.05, 0.1) is 26.5 Å². The molecule has 1 aliphatic heterocycles. The van der Waals surface area contributed by atoms with Crippen molar-refractivity contribution < 1.29 is 14.3 Å². The summed E-state index contributed by atoms with van der Waals surface area (Å²) >= 11 is 0. The number of rotatable bonds is 6. The summed E-state index contributed by atoms with van der Waals surface area (Å²) in [7, 11) is 4.95. The number of hydrogen-bond donors (Lipinski definition) is 1. The van der Waals surface area contributed by atoms with Crippen LogP contribution in [0.4, 0.5) is 0 Å². The predicted molar refractivity (Wildman–Crippen MR) is 104 cm³/mol. The van der Waals surface area contributed by atoms with E-state index in [2.05, 4.69) is 15.6 Å². The van der Waals surface area contributed by atoms with Crippen LogP contribution in [0, 0.1) is 0 Å². The minimum absolute atomic E-state index is 0. The van der Waals surface area contributed by atoms with E-state index < -0.39 is 0 Å². The monoisotopic (exact) mass is 395 g/mol. The Morgan fingerprint density at radius 1 is 1.30 bits per heavy atom. The lowest BCUT2D eigenvalue weighted by Gasteiger charge is -2.22. The smallest absolute Gasteiger partial charge is 0.276 e. The molecule has 1 aromatic heterocycles. The fourth-order valence-corrected chi connectivity index (χ4v) is 3.13. The first kappa shape index (κ1) is 21.0. The van der Waals surface area contributed by atoms with Gasteiger partial charge in [0.1, 0.15) is 11.5 Å². The number of nitrogens with one attached hydrogen (secondary N) is 1. The Morgan fingerprint density at radius 2 is 2.04 bits per heavy atom. The molecule has 1 amide bonds. The normalized spacial score (nSPS) is 14.3. The van der Waals surface area contributed by atoms with E-state index in [1.54, 1.807) is 38.4 Å². The number of ether oxygens (including phenoxy) is 2. The first-order valence-electron chi connectivity index (χ1n) is 8.71. The van der Waals surface area contributed by atoms with Crippen LogP contribution < -0.4 is 14.8 Å². The molecular formula is C18H26ClN5O3. The van der Waals surface area contributed by atoms with Crippen LogP contribution in [0.15, 0.2) is 24.4 Å². The third-order valence-corrected chi connectivity index (χ3v) is 4.66. The van der Waals surface area contributed by atoms with Crippen LogP contribution in [0.25, 0.3) is 0 Å². The van der Waals surface area contributed by atoms with Gasteiger partial charge in [0, 0.05) is 25.2 Å². The molecule has 2 heterocycles. The number of carbonyl (C=O) groups excluding carboxylic acids is 1. The van der Waals surface area contributed by atoms with E-state index in [4.69, 9.17) is 9.47 Å². The predicted octanol–water partition coefficient (Wildman–Crippen LogP) is 1.91. The zero-order chi connectivity index (χ0) is 18.5. The van der Waals surface area contributed by atoms with Crippen molar-refractivity contribution in [3.05, 3.63) is 35.7 Å². The SMILES string of the molecule is COc1ccc(CN(C)C(=O)c2cn(C3CCNCC3)nn2)c(OC)c1.Cl. The molecule has 1 fully saturated rings. The van der Waals surface area contributed by atoms with Gasteiger partial charge in [-0.1, -0.05) is 5.21 Å². The van der Waals surface area contributed by atoms with Gasteiger partial charge in [-0.15, -0.1) is 17.5 Å². The molecule has 1 N–H and O–H groups in total. The number of halogens is 1. The maximum atomic E-state index is 12.7. The van der Waals surface area contributed by atoms with Crippen molar-refractivity contribution in [2.45, 2.75) is 25.4 Å². The number of piperidine rings is 1. The molecule has 0 aliphatic carbocycles. The second-order valence-electron chi connectivity index (χ2n) is 6.40. The molecule has 148 valence electrons. The Hall–Kier alpha value is -2.32. The van der Waals surface area contributed by atoms with Gasteiger partial charge in [0.25, 0.3) is 5.91 Å². The second-order valence-corrected chi connectivity index (χ2v) is 6.40. The van der Waals surface area contributed by atoms with Gasteiger partial charge in [-0.05, 0) is 38.1 Å². The lowest BCUT2D eigenvalue weighted by Crippen LogP contribution is -2.29. The summed E-state index contributed by atoms with van der Waals surface area (Å²) in [6.07, 6.45) is 3.74. The van der Waals surface area contributed by atoms with Crippen LogP contribution in [0.1, 0.15) is 34.9 Å². The van der Waals surface area contributed by atoms with Gasteiger partial charge in [-0.25, -0.2) is 4.68 Å². The molecule has 27 heavy (non-hydrogen) atoms. The van der Waals surface area contributed by atoms with Gasteiger partial charge in [-0.3, -0.25) is 4.79 Å². The van der Waals surface area contributed by atoms with Crippen LogP contribution >= 0.6 is 12.4 Å². The fourth-order valence-electron chi connectivity index (χ4n) is 3.13. The third-order valence-electron chi connectivity index (χ3n) is 4.66. The van der Waals surface area contributed by atoms with E-state index in [1.165, 1.54) is 0 Å². The number of carbonyl (C=O) groups is 1. The Bertz CT molecular complexity index is 761. The first-order chi connectivity index (χ1) is 12.6. The Balaban J connectivity index is 0.00000261. The van der Waals surface area contributed by atoms with Crippen molar-refractivity contribution in [3.8, 4) is 11.5 Å². The highest BCUT2D eigenvalue weighted by Gasteiger charge is 2.21. The Kier molecular flexibility index (Phi) is 7.44. The summed E-state index contributed by atoms with van der Waals surface area (Å²) in [5.74, 6) is 1.23. The number of nitrogens with zero attached hydrogens (tertiary/aromatic N) is 4. The number of aromatic nitrogens is 3. The summed E-state index contributed by atoms with van der Waals surface area (Å²) in [6.45, 7) is 2.34. The standard InChI is InChI=1S/C18H25N5O3.ClH/c1-22(11-13-4-5-15(25-2)10-17(13)26-3)18(24)16-12-23(21-20-16)14-6-8-19-9-7-14;/h4-5,10,12,14,19H,6-9,11H2,1-3H3;1H. The van der Waals surface area contributed by atoms with Gasteiger partial charge in [0.2, 0.25) is 0 Å². The number of hydrogen-bond acceptors (Lipinski definition) is 6. The van der Waals surface area contributed by atoms with Crippen molar-refractivity contribution >= 4 is 18.3 Å². The largest absolute Gasteiger partial charge is 0.497 e. The second kappa shape index (κ2) is 9.57. The summed E-state index contributed by atoms with van der Waals surface area (Å²) in [4.78, 5) is 14.3. The minimum Gasteiger partial charge on any atom is -0.497 e. The summed E-state index contributed by atoms with van der Waals surface area (Å²) in [5, 5.41) is 11.6. The number of methoxy groups -OCH3 is 2. The Morgan fingerprint density at radius 3 is 2.70 bits per heavy atom. The quantitative estimate of drug-likeness (QED) is 0.804. The molecule has 0 spiro atoms. The molecule has 1 saturated heterocycles. The van der Waals surface area contributed by atoms with E-state index in [-0.39, 0.29) is 18.3 Å². The summed E-state index contributed by atoms with van der Waals surface area (Å²) in [5.41, 5.74) is 1.26. The fraction of sp³-hybridized carbons (Fsp3) is 0.500. The molecule has 3 rings (SSSR count). The van der Waals surface area contributed by atoms with Crippen molar-refractivity contribution in [2.24, 2.45) is 0 Å². The molecule has 1 aliphatic rings. The maximum absolute atomic E-state index is 12.7. The van der Waals surface area contributed by atoms with Gasteiger partial charge in [0.15, 0.2) is 5.69 Å². The highest BCUT2D eigenvalue weighted by molar-refractivity contribution is 5.91. The van der Waals surface area contributed by atoms with Crippen molar-refractivity contribution in [1.29, 1.82) is 0 Å². The van der Waals surface area contributed by atoms with Crippen molar-refractivity contribution in [2.75, 3.05) is 34.4 Å². The van der Waals surface area contributed by atoms with E-state index >= 15 is 0 Å². The highest BCUT2D eigenvalue weighted by atomic mass is 35.5. The zero-order valence-electron chi connectivity index (χ0n) is 15.8. The zero-order valence-corrected chi connectivity index (χ0v) is 16.7. The van der Waals surface area contributed by atoms with E-state index in [1.807, 2.05) is 16.8 Å². The molecule has 0 atom stereocenters. The Labute approximate surface area is 165 Å². The van der Waals surface area contributed by atoms with E-state index in [0.717, 1.165) is 31.5 Å². The molecule has 0 radical (unpaired) electrons. The van der Waals surface area contributed by atoms with E-state index in [9.17, 15) is 4.79 Å².